The Kier molecular flexibility index (Phi) is 6.59. The summed E-state index contributed by atoms with van der Waals surface area (Å²) in [5.74, 6) is 0.248. The molecule has 5 rings (SSSR count). The minimum Gasteiger partial charge on any atom is -0.363 e. The second-order valence-electron chi connectivity index (χ2n) is 10.7. The molecule has 1 amide bonds. The molecule has 198 valence electrons. The van der Waals surface area contributed by atoms with E-state index in [1.165, 1.54) is 17.7 Å². The fourth-order valence-corrected chi connectivity index (χ4v) is 5.53. The molecule has 8 heteroatoms. The maximum Gasteiger partial charge on any atom is 0.257 e. The highest BCUT2D eigenvalue weighted by Crippen LogP contribution is 2.40. The number of nitrogens with zero attached hydrogens (tertiary/aromatic N) is 4. The third-order valence-electron chi connectivity index (χ3n) is 7.87. The van der Waals surface area contributed by atoms with Crippen LogP contribution >= 0.6 is 0 Å². The number of halogens is 1. The van der Waals surface area contributed by atoms with Gasteiger partial charge in [-0.3, -0.25) is 9.48 Å². The Morgan fingerprint density at radius 2 is 1.82 bits per heavy atom. The molecule has 2 N–H and O–H groups in total. The quantitative estimate of drug-likeness (QED) is 0.310. The van der Waals surface area contributed by atoms with Gasteiger partial charge in [-0.25, -0.2) is 9.07 Å². The number of fused-ring (bicyclic) bond motifs is 1. The molecule has 2 aromatic heterocycles. The van der Waals surface area contributed by atoms with Crippen LogP contribution in [-0.2, 0) is 18.1 Å². The van der Waals surface area contributed by atoms with Crippen molar-refractivity contribution in [1.29, 1.82) is 0 Å². The van der Waals surface area contributed by atoms with E-state index in [-0.39, 0.29) is 23.3 Å². The molecule has 0 spiro atoms. The molecule has 0 saturated carbocycles. The van der Waals surface area contributed by atoms with E-state index in [4.69, 9.17) is 5.10 Å². The van der Waals surface area contributed by atoms with Gasteiger partial charge < -0.3 is 10.6 Å². The van der Waals surface area contributed by atoms with Gasteiger partial charge in [-0.1, -0.05) is 44.2 Å². The molecule has 38 heavy (non-hydrogen) atoms. The Labute approximate surface area is 223 Å². The first-order chi connectivity index (χ1) is 18.2. The van der Waals surface area contributed by atoms with Gasteiger partial charge in [0.25, 0.3) is 5.91 Å². The number of aryl methyl sites for hydroxylation is 1. The van der Waals surface area contributed by atoms with E-state index in [1.54, 1.807) is 23.0 Å². The van der Waals surface area contributed by atoms with Crippen LogP contribution in [0.3, 0.4) is 0 Å². The van der Waals surface area contributed by atoms with Gasteiger partial charge in [0, 0.05) is 7.05 Å². The van der Waals surface area contributed by atoms with E-state index in [1.807, 2.05) is 36.0 Å². The largest absolute Gasteiger partial charge is 0.363 e. The first-order valence-electron chi connectivity index (χ1n) is 13.2. The molecule has 0 radical (unpaired) electrons. The average Bonchev–Trinajstić information content (AvgIpc) is 3.53. The zero-order chi connectivity index (χ0) is 27.1. The number of nitrogens with one attached hydrogen (secondary N) is 2. The van der Waals surface area contributed by atoms with E-state index >= 15 is 0 Å². The van der Waals surface area contributed by atoms with Crippen LogP contribution < -0.4 is 10.6 Å². The molecule has 4 aromatic rings. The lowest BCUT2D eigenvalue weighted by Gasteiger charge is -2.38. The molecular weight excluding hydrogens is 479 g/mol. The summed E-state index contributed by atoms with van der Waals surface area (Å²) >= 11 is 0. The van der Waals surface area contributed by atoms with E-state index in [0.29, 0.717) is 18.4 Å². The first-order valence-corrected chi connectivity index (χ1v) is 13.2. The molecule has 0 bridgehead atoms. The number of carbonyl (C=O) groups excluding carboxylic acids is 1. The molecule has 1 aliphatic heterocycles. The third-order valence-corrected chi connectivity index (χ3v) is 7.87. The fraction of sp³-hybridized carbons (Fsp3) is 0.367. The maximum absolute atomic E-state index is 13.9. The van der Waals surface area contributed by atoms with Crippen LogP contribution in [0.25, 0.3) is 11.3 Å². The lowest BCUT2D eigenvalue weighted by atomic mass is 9.87. The first kappa shape index (κ1) is 25.7. The van der Waals surface area contributed by atoms with Crippen molar-refractivity contribution in [2.24, 2.45) is 7.05 Å². The van der Waals surface area contributed by atoms with E-state index in [2.05, 4.69) is 55.6 Å². The van der Waals surface area contributed by atoms with Gasteiger partial charge in [0.05, 0.1) is 34.7 Å². The topological polar surface area (TPSA) is 76.8 Å². The van der Waals surface area contributed by atoms with Gasteiger partial charge in [-0.05, 0) is 74.6 Å². The molecule has 7 nitrogen and oxygen atoms in total. The molecule has 0 saturated heterocycles. The van der Waals surface area contributed by atoms with Gasteiger partial charge >= 0.3 is 0 Å². The van der Waals surface area contributed by atoms with Crippen LogP contribution in [0.5, 0.6) is 0 Å². The molecule has 0 aliphatic carbocycles. The van der Waals surface area contributed by atoms with E-state index in [0.717, 1.165) is 29.2 Å². The minimum atomic E-state index is -0.676. The van der Waals surface area contributed by atoms with Crippen LogP contribution in [-0.4, -0.2) is 25.5 Å². The zero-order valence-corrected chi connectivity index (χ0v) is 22.6. The lowest BCUT2D eigenvalue weighted by Crippen LogP contribution is -2.46. The molecular formula is C30H35FN6O. The zero-order valence-electron chi connectivity index (χ0n) is 22.6. The van der Waals surface area contributed by atoms with Crippen molar-refractivity contribution in [3.05, 3.63) is 89.5 Å². The Balaban J connectivity index is 1.47. The van der Waals surface area contributed by atoms with Crippen molar-refractivity contribution in [3.8, 4) is 11.3 Å². The summed E-state index contributed by atoms with van der Waals surface area (Å²) in [4.78, 5) is 13.9. The number of benzene rings is 2. The second-order valence-corrected chi connectivity index (χ2v) is 10.7. The van der Waals surface area contributed by atoms with Crippen LogP contribution in [0.15, 0.2) is 66.9 Å². The molecule has 0 fully saturated rings. The van der Waals surface area contributed by atoms with Crippen molar-refractivity contribution in [3.63, 3.8) is 0 Å². The summed E-state index contributed by atoms with van der Waals surface area (Å²) < 4.78 is 17.2. The molecule has 1 atom stereocenters. The molecule has 3 heterocycles. The minimum absolute atomic E-state index is 0.0677. The van der Waals surface area contributed by atoms with Crippen molar-refractivity contribution in [2.45, 2.75) is 64.1 Å². The standard InChI is InChI=1S/C30H35FN6O/c1-6-30(7-2,26-17-25(36(5)35-26)21-13-15-22(31)16-14-21)34-28(38)23-19-32-37-27(23)33-24(18-29(37,3)4)20-11-9-8-10-12-20/h8-17,19,24,33H,6-7,18H2,1-5H3,(H,34,38). The van der Waals surface area contributed by atoms with Crippen LogP contribution in [0.4, 0.5) is 10.2 Å². The number of aromatic nitrogens is 4. The number of carbonyl (C=O) groups is 1. The summed E-state index contributed by atoms with van der Waals surface area (Å²) in [6.07, 6.45) is 3.82. The number of anilines is 1. The fourth-order valence-electron chi connectivity index (χ4n) is 5.53. The van der Waals surface area contributed by atoms with Gasteiger partial charge in [0.2, 0.25) is 0 Å². The predicted octanol–water partition coefficient (Wildman–Crippen LogP) is 6.16. The highest BCUT2D eigenvalue weighted by molar-refractivity contribution is 5.99. The average molecular weight is 515 g/mol. The van der Waals surface area contributed by atoms with Gasteiger partial charge in [-0.15, -0.1) is 0 Å². The monoisotopic (exact) mass is 514 g/mol. The van der Waals surface area contributed by atoms with Gasteiger partial charge in [-0.2, -0.15) is 10.2 Å². The van der Waals surface area contributed by atoms with Crippen molar-refractivity contribution >= 4 is 11.7 Å². The Bertz CT molecular complexity index is 1430. The predicted molar refractivity (Wildman–Crippen MR) is 147 cm³/mol. The van der Waals surface area contributed by atoms with Crippen LogP contribution in [0.2, 0.25) is 0 Å². The Morgan fingerprint density at radius 3 is 2.47 bits per heavy atom. The summed E-state index contributed by atoms with van der Waals surface area (Å²) in [7, 11) is 1.87. The summed E-state index contributed by atoms with van der Waals surface area (Å²) in [6.45, 7) is 8.40. The van der Waals surface area contributed by atoms with E-state index < -0.39 is 5.54 Å². The summed E-state index contributed by atoms with van der Waals surface area (Å²) in [6, 6.07) is 18.7. The van der Waals surface area contributed by atoms with E-state index in [9.17, 15) is 9.18 Å². The Morgan fingerprint density at radius 1 is 1.13 bits per heavy atom. The van der Waals surface area contributed by atoms with Gasteiger partial charge in [0.1, 0.15) is 17.2 Å². The van der Waals surface area contributed by atoms with Crippen molar-refractivity contribution in [1.82, 2.24) is 24.9 Å². The highest BCUT2D eigenvalue weighted by Gasteiger charge is 2.39. The normalized spacial score (nSPS) is 16.5. The number of hydrogen-bond acceptors (Lipinski definition) is 4. The number of amides is 1. The number of rotatable bonds is 7. The summed E-state index contributed by atoms with van der Waals surface area (Å²) in [5, 5.41) is 16.3. The Hall–Kier alpha value is -3.94. The van der Waals surface area contributed by atoms with Crippen molar-refractivity contribution < 1.29 is 9.18 Å². The van der Waals surface area contributed by atoms with Crippen LogP contribution in [0.1, 0.15) is 74.6 Å². The lowest BCUT2D eigenvalue weighted by molar-refractivity contribution is 0.0886. The highest BCUT2D eigenvalue weighted by atomic mass is 19.1. The summed E-state index contributed by atoms with van der Waals surface area (Å²) in [5.41, 5.74) is 3.25. The smallest absolute Gasteiger partial charge is 0.257 e. The number of hydrogen-bond donors (Lipinski definition) is 2. The SMILES string of the molecule is CCC(CC)(NC(=O)c1cnn2c1NC(c1ccccc1)CC2(C)C)c1cc(-c2ccc(F)cc2)n(C)n1. The van der Waals surface area contributed by atoms with Crippen molar-refractivity contribution in [2.75, 3.05) is 5.32 Å². The molecule has 1 unspecified atom stereocenters. The second kappa shape index (κ2) is 9.74. The maximum atomic E-state index is 13.9. The van der Waals surface area contributed by atoms with Crippen LogP contribution in [0, 0.1) is 5.82 Å². The molecule has 1 aliphatic rings. The molecule has 2 aromatic carbocycles. The van der Waals surface area contributed by atoms with Gasteiger partial charge in [0.15, 0.2) is 0 Å². The third kappa shape index (κ3) is 4.48.